The molecule has 2 rings (SSSR count). The molecule has 2 aromatic carbocycles. The summed E-state index contributed by atoms with van der Waals surface area (Å²) in [5, 5.41) is 6.06. The summed E-state index contributed by atoms with van der Waals surface area (Å²) in [7, 11) is 1.44. The molecule has 26 heavy (non-hydrogen) atoms. The number of amides is 2. The molecule has 0 aliphatic rings. The highest BCUT2D eigenvalue weighted by Gasteiger charge is 2.16. The lowest BCUT2D eigenvalue weighted by Gasteiger charge is -2.17. The van der Waals surface area contributed by atoms with E-state index in [1.54, 1.807) is 49.4 Å². The molecule has 1 atom stereocenters. The van der Waals surface area contributed by atoms with Crippen molar-refractivity contribution in [2.24, 2.45) is 0 Å². The fourth-order valence-electron chi connectivity index (χ4n) is 2.24. The van der Waals surface area contributed by atoms with E-state index in [-0.39, 0.29) is 18.4 Å². The summed E-state index contributed by atoms with van der Waals surface area (Å²) >= 11 is 5.92. The third-order valence-electron chi connectivity index (χ3n) is 3.50. The van der Waals surface area contributed by atoms with Gasteiger partial charge in [0, 0.05) is 23.5 Å². The molecule has 0 fully saturated rings. The average Bonchev–Trinajstić information content (AvgIpc) is 2.57. The summed E-state index contributed by atoms with van der Waals surface area (Å²) in [5.41, 5.74) is 1.96. The van der Waals surface area contributed by atoms with Gasteiger partial charge in [-0.1, -0.05) is 17.7 Å². The number of carbonyl (C=O) groups is 2. The van der Waals surface area contributed by atoms with Crippen molar-refractivity contribution >= 4 is 34.8 Å². The molecule has 0 spiro atoms. The van der Waals surface area contributed by atoms with Crippen LogP contribution in [0.2, 0.25) is 5.02 Å². The van der Waals surface area contributed by atoms with E-state index in [2.05, 4.69) is 10.6 Å². The summed E-state index contributed by atoms with van der Waals surface area (Å²) in [5.74, 6) is 0.0169. The predicted octanol–water partition coefficient (Wildman–Crippen LogP) is 3.64. The maximum Gasteiger partial charge on any atom is 0.265 e. The van der Waals surface area contributed by atoms with Gasteiger partial charge in [0.15, 0.2) is 6.10 Å². The molecule has 2 aromatic rings. The number of rotatable bonds is 7. The first-order valence-corrected chi connectivity index (χ1v) is 8.39. The van der Waals surface area contributed by atoms with E-state index in [4.69, 9.17) is 21.1 Å². The minimum absolute atomic E-state index is 0.0398. The number of benzene rings is 2. The predicted molar refractivity (Wildman–Crippen MR) is 102 cm³/mol. The second kappa shape index (κ2) is 9.22. The van der Waals surface area contributed by atoms with E-state index < -0.39 is 6.10 Å². The van der Waals surface area contributed by atoms with Gasteiger partial charge in [0.05, 0.1) is 0 Å². The smallest absolute Gasteiger partial charge is 0.265 e. The van der Waals surface area contributed by atoms with Crippen LogP contribution in [0.3, 0.4) is 0 Å². The molecule has 0 heterocycles. The maximum absolute atomic E-state index is 12.4. The Morgan fingerprint density at radius 3 is 2.46 bits per heavy atom. The van der Waals surface area contributed by atoms with E-state index in [9.17, 15) is 9.59 Å². The molecule has 0 saturated carbocycles. The number of aryl methyl sites for hydroxylation is 1. The summed E-state index contributed by atoms with van der Waals surface area (Å²) in [6, 6.07) is 12.0. The molecule has 0 bridgehead atoms. The summed E-state index contributed by atoms with van der Waals surface area (Å²) in [6.07, 6.45) is -0.707. The SMILES string of the molecule is COCC(=O)Nc1cccc(NC(=O)C(C)Oc2ccc(Cl)cc2C)c1. The van der Waals surface area contributed by atoms with Crippen LogP contribution < -0.4 is 15.4 Å². The third kappa shape index (κ3) is 5.75. The largest absolute Gasteiger partial charge is 0.481 e. The molecule has 1 unspecified atom stereocenters. The molecule has 0 saturated heterocycles. The molecule has 138 valence electrons. The Hall–Kier alpha value is -2.57. The van der Waals surface area contributed by atoms with Crippen LogP contribution in [0.1, 0.15) is 12.5 Å². The zero-order valence-corrected chi connectivity index (χ0v) is 15.6. The normalized spacial score (nSPS) is 11.5. The lowest BCUT2D eigenvalue weighted by atomic mass is 10.2. The van der Waals surface area contributed by atoms with E-state index in [1.807, 2.05) is 6.92 Å². The lowest BCUT2D eigenvalue weighted by Crippen LogP contribution is -2.30. The van der Waals surface area contributed by atoms with Gasteiger partial charge < -0.3 is 20.1 Å². The van der Waals surface area contributed by atoms with Crippen molar-refractivity contribution in [3.63, 3.8) is 0 Å². The van der Waals surface area contributed by atoms with Crippen molar-refractivity contribution in [1.82, 2.24) is 0 Å². The van der Waals surface area contributed by atoms with Gasteiger partial charge in [0.2, 0.25) is 5.91 Å². The van der Waals surface area contributed by atoms with Gasteiger partial charge in [-0.2, -0.15) is 0 Å². The van der Waals surface area contributed by atoms with Gasteiger partial charge in [-0.3, -0.25) is 9.59 Å². The molecule has 0 aliphatic carbocycles. The van der Waals surface area contributed by atoms with Crippen molar-refractivity contribution in [2.75, 3.05) is 24.4 Å². The topological polar surface area (TPSA) is 76.7 Å². The van der Waals surface area contributed by atoms with Gasteiger partial charge in [0.25, 0.3) is 5.91 Å². The minimum atomic E-state index is -0.707. The summed E-state index contributed by atoms with van der Waals surface area (Å²) in [6.45, 7) is 3.48. The molecular weight excluding hydrogens is 356 g/mol. The van der Waals surface area contributed by atoms with E-state index in [0.717, 1.165) is 5.56 Å². The Bertz CT molecular complexity index is 795. The fourth-order valence-corrected chi connectivity index (χ4v) is 2.46. The number of hydrogen-bond donors (Lipinski definition) is 2. The first-order valence-electron chi connectivity index (χ1n) is 8.01. The Morgan fingerprint density at radius 1 is 1.12 bits per heavy atom. The Balaban J connectivity index is 1.99. The highest BCUT2D eigenvalue weighted by atomic mass is 35.5. The first-order chi connectivity index (χ1) is 12.4. The third-order valence-corrected chi connectivity index (χ3v) is 3.73. The molecule has 0 aliphatic heterocycles. The Kier molecular flexibility index (Phi) is 7.00. The molecule has 2 amide bonds. The Morgan fingerprint density at radius 2 is 1.81 bits per heavy atom. The van der Waals surface area contributed by atoms with Crippen LogP contribution in [-0.2, 0) is 14.3 Å². The highest BCUT2D eigenvalue weighted by Crippen LogP contribution is 2.23. The van der Waals surface area contributed by atoms with Crippen LogP contribution in [0.4, 0.5) is 11.4 Å². The van der Waals surface area contributed by atoms with Crippen molar-refractivity contribution in [3.8, 4) is 5.75 Å². The molecule has 2 N–H and O–H groups in total. The van der Waals surface area contributed by atoms with E-state index in [0.29, 0.717) is 22.1 Å². The fraction of sp³-hybridized carbons (Fsp3) is 0.263. The van der Waals surface area contributed by atoms with Crippen LogP contribution in [0, 0.1) is 6.92 Å². The second-order valence-electron chi connectivity index (χ2n) is 5.72. The average molecular weight is 377 g/mol. The number of halogens is 1. The maximum atomic E-state index is 12.4. The van der Waals surface area contributed by atoms with Crippen LogP contribution in [0.25, 0.3) is 0 Å². The second-order valence-corrected chi connectivity index (χ2v) is 6.16. The summed E-state index contributed by atoms with van der Waals surface area (Å²) in [4.78, 5) is 23.9. The van der Waals surface area contributed by atoms with Crippen molar-refractivity contribution < 1.29 is 19.1 Å². The van der Waals surface area contributed by atoms with Gasteiger partial charge in [-0.15, -0.1) is 0 Å². The quantitative estimate of drug-likeness (QED) is 0.773. The van der Waals surface area contributed by atoms with Crippen LogP contribution in [0.15, 0.2) is 42.5 Å². The van der Waals surface area contributed by atoms with Crippen molar-refractivity contribution in [3.05, 3.63) is 53.1 Å². The molecule has 0 aromatic heterocycles. The Labute approximate surface area is 157 Å². The van der Waals surface area contributed by atoms with Gasteiger partial charge in [-0.05, 0) is 55.8 Å². The van der Waals surface area contributed by atoms with Crippen molar-refractivity contribution in [2.45, 2.75) is 20.0 Å². The number of hydrogen-bond acceptors (Lipinski definition) is 4. The van der Waals surface area contributed by atoms with Crippen LogP contribution in [0.5, 0.6) is 5.75 Å². The zero-order chi connectivity index (χ0) is 19.1. The standard InChI is InChI=1S/C19H21ClN2O4/c1-12-9-14(20)7-8-17(12)26-13(2)19(24)22-16-6-4-5-15(10-16)21-18(23)11-25-3/h4-10,13H,11H2,1-3H3,(H,21,23)(H,22,24). The van der Waals surface area contributed by atoms with E-state index in [1.165, 1.54) is 7.11 Å². The number of methoxy groups -OCH3 is 1. The molecule has 6 nitrogen and oxygen atoms in total. The lowest BCUT2D eigenvalue weighted by molar-refractivity contribution is -0.122. The van der Waals surface area contributed by atoms with E-state index >= 15 is 0 Å². The number of nitrogens with one attached hydrogen (secondary N) is 2. The van der Waals surface area contributed by atoms with Gasteiger partial charge in [-0.25, -0.2) is 0 Å². The number of carbonyl (C=O) groups excluding carboxylic acids is 2. The van der Waals surface area contributed by atoms with Crippen LogP contribution in [-0.4, -0.2) is 31.6 Å². The van der Waals surface area contributed by atoms with Crippen LogP contribution >= 0.6 is 11.6 Å². The zero-order valence-electron chi connectivity index (χ0n) is 14.8. The summed E-state index contributed by atoms with van der Waals surface area (Å²) < 4.78 is 10.5. The highest BCUT2D eigenvalue weighted by molar-refractivity contribution is 6.30. The monoisotopic (exact) mass is 376 g/mol. The molecular formula is C19H21ClN2O4. The number of anilines is 2. The first kappa shape index (κ1) is 19.8. The van der Waals surface area contributed by atoms with Gasteiger partial charge >= 0.3 is 0 Å². The van der Waals surface area contributed by atoms with Crippen molar-refractivity contribution in [1.29, 1.82) is 0 Å². The minimum Gasteiger partial charge on any atom is -0.481 e. The molecule has 0 radical (unpaired) electrons. The number of ether oxygens (including phenoxy) is 2. The van der Waals surface area contributed by atoms with Gasteiger partial charge in [0.1, 0.15) is 12.4 Å². The molecule has 7 heteroatoms.